The molecule has 16 nitrogen and oxygen atoms in total. The maximum Gasteiger partial charge on any atom is 0.243 e. The van der Waals surface area contributed by atoms with Gasteiger partial charge in [-0.25, -0.2) is 0 Å². The molecule has 0 aliphatic heterocycles. The van der Waals surface area contributed by atoms with Crippen LogP contribution in [-0.2, 0) is 35.2 Å². The molecule has 0 aliphatic rings. The zero-order valence-corrected chi connectivity index (χ0v) is 23.4. The number of thiol groups is 1. The molecule has 1 rings (SSSR count). The SMILES string of the molecule is CC(=O)N[C@@H](CCCN=C(N)N)C(=O)N[C@@H](Cc1ccc(O)cc1)C(=O)NCC(=O)NCC(=O)N[C@@H](CS)C(N)=O. The van der Waals surface area contributed by atoms with Crippen molar-refractivity contribution in [2.45, 2.75) is 44.3 Å². The van der Waals surface area contributed by atoms with Gasteiger partial charge in [0.15, 0.2) is 5.96 Å². The number of nitrogens with one attached hydrogen (secondary N) is 5. The van der Waals surface area contributed by atoms with Crippen molar-refractivity contribution in [3.8, 4) is 5.75 Å². The quantitative estimate of drug-likeness (QED) is 0.0364. The highest BCUT2D eigenvalue weighted by Crippen LogP contribution is 2.12. The molecule has 0 fully saturated rings. The van der Waals surface area contributed by atoms with E-state index in [4.69, 9.17) is 17.2 Å². The van der Waals surface area contributed by atoms with Crippen LogP contribution in [0.1, 0.15) is 25.3 Å². The lowest BCUT2D eigenvalue weighted by molar-refractivity contribution is -0.132. The van der Waals surface area contributed by atoms with Crippen molar-refractivity contribution < 1.29 is 33.9 Å². The van der Waals surface area contributed by atoms with Crippen molar-refractivity contribution in [3.63, 3.8) is 0 Å². The van der Waals surface area contributed by atoms with Gasteiger partial charge >= 0.3 is 0 Å². The highest BCUT2D eigenvalue weighted by molar-refractivity contribution is 7.80. The molecule has 0 aliphatic carbocycles. The van der Waals surface area contributed by atoms with Crippen LogP contribution in [0.25, 0.3) is 0 Å². The number of carbonyl (C=O) groups excluding carboxylic acids is 6. The van der Waals surface area contributed by atoms with Gasteiger partial charge in [-0.3, -0.25) is 33.8 Å². The Morgan fingerprint density at radius 2 is 1.49 bits per heavy atom. The van der Waals surface area contributed by atoms with Crippen molar-refractivity contribution >= 4 is 54.0 Å². The Morgan fingerprint density at radius 3 is 2.05 bits per heavy atom. The van der Waals surface area contributed by atoms with Crippen LogP contribution in [0, 0.1) is 0 Å². The molecule has 17 heteroatoms. The maximum atomic E-state index is 13.0. The van der Waals surface area contributed by atoms with E-state index in [1.807, 2.05) is 0 Å². The summed E-state index contributed by atoms with van der Waals surface area (Å²) >= 11 is 3.91. The molecular weight excluding hydrogens is 558 g/mol. The van der Waals surface area contributed by atoms with Gasteiger partial charge in [0.25, 0.3) is 0 Å². The zero-order chi connectivity index (χ0) is 30.9. The minimum Gasteiger partial charge on any atom is -0.508 e. The second-order valence-corrected chi connectivity index (χ2v) is 9.20. The molecule has 1 aromatic rings. The Hall–Kier alpha value is -4.54. The van der Waals surface area contributed by atoms with Gasteiger partial charge in [-0.05, 0) is 30.5 Å². The molecule has 41 heavy (non-hydrogen) atoms. The summed E-state index contributed by atoms with van der Waals surface area (Å²) in [5.41, 5.74) is 16.3. The standard InChI is InChI=1S/C24H37N9O7S/c1-13(34)31-16(3-2-8-28-24(26)27)23(40)33-17(9-14-4-6-15(35)7-5-14)22(39)30-10-19(36)29-11-20(37)32-18(12-41)21(25)38/h4-7,16-18,35,41H,2-3,8-12H2,1H3,(H2,25,38)(H,29,36)(H,30,39)(H,31,34)(H,32,37)(H,33,40)(H4,26,27,28)/t16-,17-,18-/m0/s1. The van der Waals surface area contributed by atoms with Gasteiger partial charge < -0.3 is 48.9 Å². The van der Waals surface area contributed by atoms with E-state index in [2.05, 4.69) is 44.2 Å². The zero-order valence-electron chi connectivity index (χ0n) is 22.5. The Morgan fingerprint density at radius 1 is 0.854 bits per heavy atom. The Labute approximate surface area is 242 Å². The third kappa shape index (κ3) is 14.4. The number of nitrogens with zero attached hydrogens (tertiary/aromatic N) is 1. The van der Waals surface area contributed by atoms with Crippen LogP contribution in [0.5, 0.6) is 5.75 Å². The lowest BCUT2D eigenvalue weighted by Gasteiger charge is -2.23. The molecule has 0 saturated heterocycles. The number of benzene rings is 1. The molecule has 0 spiro atoms. The number of amides is 6. The first-order valence-corrected chi connectivity index (χ1v) is 13.1. The summed E-state index contributed by atoms with van der Waals surface area (Å²) < 4.78 is 0. The topological polar surface area (TPSA) is 273 Å². The summed E-state index contributed by atoms with van der Waals surface area (Å²) in [6, 6.07) is 2.73. The fourth-order valence-electron chi connectivity index (χ4n) is 3.35. The second kappa shape index (κ2) is 17.9. The summed E-state index contributed by atoms with van der Waals surface area (Å²) in [5.74, 6) is -4.19. The third-order valence-corrected chi connectivity index (χ3v) is 5.74. The van der Waals surface area contributed by atoms with E-state index in [-0.39, 0.29) is 36.8 Å². The fraction of sp³-hybridized carbons (Fsp3) is 0.458. The van der Waals surface area contributed by atoms with Crippen molar-refractivity contribution in [3.05, 3.63) is 29.8 Å². The number of nitrogens with two attached hydrogens (primary N) is 3. The van der Waals surface area contributed by atoms with Crippen LogP contribution in [0.15, 0.2) is 29.3 Å². The predicted octanol–water partition coefficient (Wildman–Crippen LogP) is -3.89. The summed E-state index contributed by atoms with van der Waals surface area (Å²) in [6.45, 7) is 0.433. The van der Waals surface area contributed by atoms with Gasteiger partial charge in [0.2, 0.25) is 35.4 Å². The lowest BCUT2D eigenvalue weighted by atomic mass is 10.0. The average Bonchev–Trinajstić information content (AvgIpc) is 2.90. The maximum absolute atomic E-state index is 13.0. The smallest absolute Gasteiger partial charge is 0.243 e. The molecular formula is C24H37N9O7S. The average molecular weight is 596 g/mol. The highest BCUT2D eigenvalue weighted by atomic mass is 32.1. The summed E-state index contributed by atoms with van der Waals surface area (Å²) in [4.78, 5) is 76.9. The lowest BCUT2D eigenvalue weighted by Crippen LogP contribution is -2.55. The largest absolute Gasteiger partial charge is 0.508 e. The minimum absolute atomic E-state index is 0.00233. The first-order chi connectivity index (χ1) is 19.3. The van der Waals surface area contributed by atoms with E-state index in [0.717, 1.165) is 0 Å². The Balaban J connectivity index is 2.86. The molecule has 0 saturated carbocycles. The van der Waals surface area contributed by atoms with E-state index in [9.17, 15) is 33.9 Å². The molecule has 12 N–H and O–H groups in total. The molecule has 0 unspecified atom stereocenters. The van der Waals surface area contributed by atoms with Crippen LogP contribution in [0.2, 0.25) is 0 Å². The van der Waals surface area contributed by atoms with E-state index in [0.29, 0.717) is 12.0 Å². The molecule has 3 atom stereocenters. The number of primary amides is 1. The van der Waals surface area contributed by atoms with Crippen molar-refractivity contribution in [2.24, 2.45) is 22.2 Å². The molecule has 0 radical (unpaired) electrons. The second-order valence-electron chi connectivity index (χ2n) is 8.83. The predicted molar refractivity (Wildman–Crippen MR) is 152 cm³/mol. The van der Waals surface area contributed by atoms with Crippen LogP contribution in [0.4, 0.5) is 0 Å². The van der Waals surface area contributed by atoms with E-state index in [1.165, 1.54) is 19.1 Å². The van der Waals surface area contributed by atoms with Gasteiger partial charge in [-0.2, -0.15) is 12.6 Å². The minimum atomic E-state index is -1.18. The van der Waals surface area contributed by atoms with E-state index in [1.54, 1.807) is 12.1 Å². The van der Waals surface area contributed by atoms with Crippen molar-refractivity contribution in [2.75, 3.05) is 25.4 Å². The first-order valence-electron chi connectivity index (χ1n) is 12.5. The van der Waals surface area contributed by atoms with Crippen molar-refractivity contribution in [1.29, 1.82) is 0 Å². The van der Waals surface area contributed by atoms with Gasteiger partial charge in [0.1, 0.15) is 23.9 Å². The monoisotopic (exact) mass is 595 g/mol. The molecule has 0 heterocycles. The van der Waals surface area contributed by atoms with Gasteiger partial charge in [0.05, 0.1) is 13.1 Å². The van der Waals surface area contributed by atoms with Crippen LogP contribution in [0.3, 0.4) is 0 Å². The number of phenols is 1. The van der Waals surface area contributed by atoms with E-state index >= 15 is 0 Å². The van der Waals surface area contributed by atoms with Crippen LogP contribution >= 0.6 is 12.6 Å². The number of aliphatic imine (C=N–C) groups is 1. The van der Waals surface area contributed by atoms with Crippen molar-refractivity contribution in [1.82, 2.24) is 26.6 Å². The Bertz CT molecular complexity index is 1110. The number of hydrogen-bond acceptors (Lipinski definition) is 9. The fourth-order valence-corrected chi connectivity index (χ4v) is 3.62. The van der Waals surface area contributed by atoms with Gasteiger partial charge in [0, 0.05) is 25.6 Å². The number of rotatable bonds is 17. The summed E-state index contributed by atoms with van der Waals surface area (Å²) in [5, 5.41) is 21.6. The normalized spacial score (nSPS) is 12.5. The molecule has 6 amide bonds. The van der Waals surface area contributed by atoms with Gasteiger partial charge in [-0.15, -0.1) is 0 Å². The first kappa shape index (κ1) is 34.5. The Kier molecular flexibility index (Phi) is 15.1. The highest BCUT2D eigenvalue weighted by Gasteiger charge is 2.27. The number of aromatic hydroxyl groups is 1. The number of hydrogen-bond donors (Lipinski definition) is 10. The number of guanidine groups is 1. The molecule has 0 aromatic heterocycles. The van der Waals surface area contributed by atoms with Crippen LogP contribution < -0.4 is 43.8 Å². The molecule has 226 valence electrons. The number of carbonyl (C=O) groups is 6. The third-order valence-electron chi connectivity index (χ3n) is 5.38. The van der Waals surface area contributed by atoms with Crippen LogP contribution in [-0.4, -0.2) is 90.0 Å². The van der Waals surface area contributed by atoms with E-state index < -0.39 is 66.7 Å². The number of phenolic OH excluding ortho intramolecular Hbond substituents is 1. The van der Waals surface area contributed by atoms with Gasteiger partial charge in [-0.1, -0.05) is 12.1 Å². The molecule has 0 bridgehead atoms. The summed E-state index contributed by atoms with van der Waals surface area (Å²) in [6.07, 6.45) is 0.512. The summed E-state index contributed by atoms with van der Waals surface area (Å²) in [7, 11) is 0. The molecule has 1 aromatic carbocycles.